The van der Waals surface area contributed by atoms with Crippen LogP contribution in [0.5, 0.6) is 0 Å². The second-order valence-corrected chi connectivity index (χ2v) is 11.7. The van der Waals surface area contributed by atoms with Gasteiger partial charge in [-0.15, -0.1) is 0 Å². The molecule has 0 fully saturated rings. The average Bonchev–Trinajstić information content (AvgIpc) is 2.73. The van der Waals surface area contributed by atoms with Crippen LogP contribution in [0, 0.1) is 0 Å². The Hall–Kier alpha value is -2.28. The summed E-state index contributed by atoms with van der Waals surface area (Å²) in [7, 11) is -3.39. The summed E-state index contributed by atoms with van der Waals surface area (Å²) in [4.78, 5) is 31.8. The molecule has 35 heavy (non-hydrogen) atoms. The van der Waals surface area contributed by atoms with Crippen LogP contribution in [0.1, 0.15) is 78.6 Å². The highest BCUT2D eigenvalue weighted by molar-refractivity contribution is 7.93. The molecule has 2 heterocycles. The third-order valence-corrected chi connectivity index (χ3v) is 7.14. The van der Waals surface area contributed by atoms with Gasteiger partial charge in [-0.3, -0.25) is 14.8 Å². The van der Waals surface area contributed by atoms with Gasteiger partial charge in [0.1, 0.15) is 11.6 Å². The molecule has 9 nitrogen and oxygen atoms in total. The second kappa shape index (κ2) is 11.6. The first-order valence-electron chi connectivity index (χ1n) is 11.3. The van der Waals surface area contributed by atoms with Crippen LogP contribution in [0.25, 0.3) is 0 Å². The van der Waals surface area contributed by atoms with Crippen molar-refractivity contribution >= 4 is 21.7 Å². The minimum absolute atomic E-state index is 0.0748. The zero-order valence-electron chi connectivity index (χ0n) is 21.1. The molecule has 3 atom stereocenters. The van der Waals surface area contributed by atoms with Gasteiger partial charge in [0, 0.05) is 24.1 Å². The number of carbonyl (C=O) groups excluding carboxylic acids is 2. The minimum atomic E-state index is -5.13. The first kappa shape index (κ1) is 30.8. The molecule has 1 aromatic rings. The van der Waals surface area contributed by atoms with Gasteiger partial charge in [-0.1, -0.05) is 27.7 Å². The molecule has 0 radical (unpaired) electrons. The van der Waals surface area contributed by atoms with Crippen LogP contribution < -0.4 is 5.32 Å². The summed E-state index contributed by atoms with van der Waals surface area (Å²) in [5.41, 5.74) is -4.49. The van der Waals surface area contributed by atoms with E-state index in [2.05, 4.69) is 19.6 Å². The Bertz CT molecular complexity index is 1000. The molecule has 0 saturated carbocycles. The van der Waals surface area contributed by atoms with Crippen molar-refractivity contribution in [1.29, 1.82) is 0 Å². The van der Waals surface area contributed by atoms with Gasteiger partial charge in [-0.05, 0) is 33.1 Å². The summed E-state index contributed by atoms with van der Waals surface area (Å²) in [6, 6.07) is -1.09. The molecule has 1 aromatic heterocycles. The Balaban J connectivity index is 0.00000298. The van der Waals surface area contributed by atoms with Crippen LogP contribution in [-0.2, 0) is 24.9 Å². The highest BCUT2D eigenvalue weighted by atomic mass is 32.2. The van der Waals surface area contributed by atoms with E-state index in [1.54, 1.807) is 34.6 Å². The number of amides is 2. The van der Waals surface area contributed by atoms with Crippen molar-refractivity contribution in [3.63, 3.8) is 0 Å². The number of ether oxygens (including phenoxy) is 1. The van der Waals surface area contributed by atoms with Crippen LogP contribution in [0.4, 0.5) is 18.0 Å². The zero-order chi connectivity index (χ0) is 27.2. The summed E-state index contributed by atoms with van der Waals surface area (Å²) >= 11 is 0. The number of alkyl halides is 3. The lowest BCUT2D eigenvalue weighted by Gasteiger charge is -2.31. The van der Waals surface area contributed by atoms with Crippen LogP contribution in [0.15, 0.2) is 16.8 Å². The number of rotatable bonds is 6. The molecule has 13 heteroatoms. The maximum Gasteiger partial charge on any atom is 0.423 e. The topological polar surface area (TPSA) is 131 Å². The van der Waals surface area contributed by atoms with Crippen LogP contribution in [-0.4, -0.2) is 60.6 Å². The van der Waals surface area contributed by atoms with Crippen LogP contribution in [0.3, 0.4) is 0 Å². The van der Waals surface area contributed by atoms with E-state index in [0.29, 0.717) is 5.69 Å². The van der Waals surface area contributed by atoms with E-state index in [4.69, 9.17) is 4.74 Å². The van der Waals surface area contributed by atoms with Crippen molar-refractivity contribution in [1.82, 2.24) is 15.3 Å². The van der Waals surface area contributed by atoms with Gasteiger partial charge < -0.3 is 15.2 Å². The molecule has 2 N–H and O–H groups in total. The highest BCUT2D eigenvalue weighted by Crippen LogP contribution is 2.41. The van der Waals surface area contributed by atoms with Crippen molar-refractivity contribution in [2.45, 2.75) is 90.6 Å². The first-order valence-corrected chi connectivity index (χ1v) is 13.2. The van der Waals surface area contributed by atoms with Crippen molar-refractivity contribution in [2.75, 3.05) is 11.5 Å². The van der Waals surface area contributed by atoms with Gasteiger partial charge in [0.15, 0.2) is 0 Å². The molecule has 3 unspecified atom stereocenters. The fraction of sp³-hybridized carbons (Fsp3) is 0.727. The van der Waals surface area contributed by atoms with Gasteiger partial charge in [0.25, 0.3) is 5.91 Å². The predicted molar refractivity (Wildman–Crippen MR) is 125 cm³/mol. The quantitative estimate of drug-likeness (QED) is 0.574. The van der Waals surface area contributed by atoms with E-state index in [1.807, 2.05) is 13.8 Å². The smallest absolute Gasteiger partial charge is 0.423 e. The second-order valence-electron chi connectivity index (χ2n) is 9.19. The van der Waals surface area contributed by atoms with Gasteiger partial charge >= 0.3 is 12.3 Å². The van der Waals surface area contributed by atoms with E-state index >= 15 is 0 Å². The van der Waals surface area contributed by atoms with Crippen molar-refractivity contribution in [3.8, 4) is 0 Å². The number of nitrogens with zero attached hydrogens (tertiary/aromatic N) is 3. The van der Waals surface area contributed by atoms with E-state index < -0.39 is 63.0 Å². The van der Waals surface area contributed by atoms with Crippen molar-refractivity contribution in [2.24, 2.45) is 4.36 Å². The number of nitrogens with one attached hydrogen (secondary N) is 1. The van der Waals surface area contributed by atoms with Gasteiger partial charge in [-0.2, -0.15) is 17.5 Å². The Kier molecular flexibility index (Phi) is 10.2. The first-order chi connectivity index (χ1) is 16.0. The third kappa shape index (κ3) is 8.41. The number of carbonyl (C=O) groups is 2. The lowest BCUT2D eigenvalue weighted by Crippen LogP contribution is -2.47. The fourth-order valence-electron chi connectivity index (χ4n) is 3.00. The molecule has 0 bridgehead atoms. The fourth-order valence-corrected chi connectivity index (χ4v) is 5.06. The number of halogens is 3. The molecule has 2 rings (SSSR count). The van der Waals surface area contributed by atoms with E-state index in [-0.39, 0.29) is 18.1 Å². The molecule has 0 spiro atoms. The average molecular weight is 525 g/mol. The van der Waals surface area contributed by atoms with E-state index in [1.165, 1.54) is 0 Å². The third-order valence-electron chi connectivity index (χ3n) is 4.91. The van der Waals surface area contributed by atoms with Gasteiger partial charge in [0.2, 0.25) is 5.60 Å². The van der Waals surface area contributed by atoms with Gasteiger partial charge in [0.05, 0.1) is 27.3 Å². The summed E-state index contributed by atoms with van der Waals surface area (Å²) in [5.74, 6) is -1.92. The summed E-state index contributed by atoms with van der Waals surface area (Å²) in [6.45, 7) is 12.5. The van der Waals surface area contributed by atoms with Crippen LogP contribution >= 0.6 is 0 Å². The molecule has 0 aromatic carbocycles. The molecular formula is C22H35F3N4O5S. The minimum Gasteiger partial charge on any atom is -0.444 e. The molecule has 0 aliphatic carbocycles. The highest BCUT2D eigenvalue weighted by Gasteiger charge is 2.56. The Labute approximate surface area is 204 Å². The van der Waals surface area contributed by atoms with Crippen molar-refractivity contribution < 1.29 is 36.8 Å². The number of hydrogen-bond donors (Lipinski definition) is 2. The standard InChI is InChI=1S/C20H29F3N4O5S.C2H6/c1-12(2)14-10-25-15(11-24-14)19(30,20(21,22)23)7-9-33(31)8-6-13(16(28)27-33)26-17(29)32-18(3,4)5;1-2/h10-13,30H,6-9H2,1-5H3,(H,26,29);1-2H3. The Morgan fingerprint density at radius 3 is 2.26 bits per heavy atom. The zero-order valence-corrected chi connectivity index (χ0v) is 21.9. The van der Waals surface area contributed by atoms with Crippen molar-refractivity contribution in [3.05, 3.63) is 23.8 Å². The van der Waals surface area contributed by atoms with E-state index in [0.717, 1.165) is 12.4 Å². The maximum absolute atomic E-state index is 13.8. The van der Waals surface area contributed by atoms with Gasteiger partial charge in [-0.25, -0.2) is 9.00 Å². The van der Waals surface area contributed by atoms with Crippen LogP contribution in [0.2, 0.25) is 0 Å². The summed E-state index contributed by atoms with van der Waals surface area (Å²) in [6.07, 6.45) is -5.10. The number of aliphatic hydroxyl groups is 1. The normalized spacial score (nSPS) is 22.4. The molecule has 2 amide bonds. The molecular weight excluding hydrogens is 489 g/mol. The molecule has 200 valence electrons. The maximum atomic E-state index is 13.8. The molecule has 1 aliphatic rings. The SMILES string of the molecule is CC.CC(C)c1cnc(C(O)(CCS2(=O)=NC(=O)C(NC(=O)OC(C)(C)C)CC2)C(F)(F)F)cn1. The lowest BCUT2D eigenvalue weighted by atomic mass is 9.96. The largest absolute Gasteiger partial charge is 0.444 e. The number of alkyl carbamates (subject to hydrolysis) is 1. The lowest BCUT2D eigenvalue weighted by molar-refractivity contribution is -0.269. The Morgan fingerprint density at radius 1 is 1.23 bits per heavy atom. The van der Waals surface area contributed by atoms with E-state index in [9.17, 15) is 32.1 Å². The predicted octanol–water partition coefficient (Wildman–Crippen LogP) is 4.06. The number of aromatic nitrogens is 2. The summed E-state index contributed by atoms with van der Waals surface area (Å²) < 4.78 is 62.9. The molecule has 1 aliphatic heterocycles. The number of hydrogen-bond acceptors (Lipinski definition) is 7. The Morgan fingerprint density at radius 2 is 1.83 bits per heavy atom. The monoisotopic (exact) mass is 524 g/mol. The molecule has 0 saturated heterocycles. The summed E-state index contributed by atoms with van der Waals surface area (Å²) in [5, 5.41) is 12.8.